The molecule has 0 saturated heterocycles. The lowest BCUT2D eigenvalue weighted by molar-refractivity contribution is 0.415. The van der Waals surface area contributed by atoms with E-state index in [9.17, 15) is 0 Å². The molecule has 3 heteroatoms. The molecule has 0 fully saturated rings. The Morgan fingerprint density at radius 3 is 2.61 bits per heavy atom. The number of ether oxygens (including phenoxy) is 1. The van der Waals surface area contributed by atoms with Gasteiger partial charge in [-0.2, -0.15) is 0 Å². The van der Waals surface area contributed by atoms with E-state index in [1.54, 1.807) is 7.11 Å². The van der Waals surface area contributed by atoms with Crippen molar-refractivity contribution >= 4 is 11.9 Å². The zero-order valence-electron chi connectivity index (χ0n) is 11.3. The van der Waals surface area contributed by atoms with Crippen molar-refractivity contribution in [2.75, 3.05) is 7.11 Å². The van der Waals surface area contributed by atoms with Crippen LogP contribution in [0.3, 0.4) is 0 Å². The number of aliphatic imine (C=N–C) groups is 1. The van der Waals surface area contributed by atoms with Crippen LogP contribution < -0.4 is 4.74 Å². The third-order valence-electron chi connectivity index (χ3n) is 3.22. The molecular formula is C15H18N2O. The van der Waals surface area contributed by atoms with E-state index in [0.717, 1.165) is 17.0 Å². The highest BCUT2D eigenvalue weighted by molar-refractivity contribution is 5.83. The van der Waals surface area contributed by atoms with Crippen molar-refractivity contribution in [2.24, 2.45) is 12.0 Å². The molecule has 0 aliphatic rings. The first kappa shape index (κ1) is 12.4. The van der Waals surface area contributed by atoms with Crippen LogP contribution >= 0.6 is 0 Å². The van der Waals surface area contributed by atoms with Gasteiger partial charge in [0.2, 0.25) is 0 Å². The molecule has 0 saturated carbocycles. The van der Waals surface area contributed by atoms with Crippen molar-refractivity contribution in [3.05, 3.63) is 47.3 Å². The highest BCUT2D eigenvalue weighted by Crippen LogP contribution is 2.20. The van der Waals surface area contributed by atoms with E-state index in [1.165, 1.54) is 11.4 Å². The summed E-state index contributed by atoms with van der Waals surface area (Å²) >= 11 is 0. The molecule has 0 N–H and O–H groups in total. The summed E-state index contributed by atoms with van der Waals surface area (Å²) in [6, 6.07) is 9.87. The first-order chi connectivity index (χ1) is 8.61. The third kappa shape index (κ3) is 2.45. The Balaban J connectivity index is 2.27. The summed E-state index contributed by atoms with van der Waals surface area (Å²) in [5, 5.41) is 0. The van der Waals surface area contributed by atoms with Crippen molar-refractivity contribution in [1.82, 2.24) is 4.57 Å². The van der Waals surface area contributed by atoms with E-state index in [4.69, 9.17) is 4.74 Å². The lowest BCUT2D eigenvalue weighted by Crippen LogP contribution is -1.93. The number of methoxy groups -OCH3 is 1. The fourth-order valence-electron chi connectivity index (χ4n) is 1.85. The Kier molecular flexibility index (Phi) is 3.51. The Morgan fingerprint density at radius 2 is 2.00 bits per heavy atom. The SMILES string of the molecule is COc1cccc(N=Cc2cc(C)n(C)c2C)c1. The van der Waals surface area contributed by atoms with Crippen LogP contribution in [0.25, 0.3) is 0 Å². The molecule has 0 spiro atoms. The lowest BCUT2D eigenvalue weighted by atomic mass is 10.2. The van der Waals surface area contributed by atoms with Gasteiger partial charge in [0.15, 0.2) is 0 Å². The van der Waals surface area contributed by atoms with Gasteiger partial charge in [0.05, 0.1) is 12.8 Å². The normalized spacial score (nSPS) is 11.1. The molecule has 3 nitrogen and oxygen atoms in total. The quantitative estimate of drug-likeness (QED) is 0.758. The summed E-state index contributed by atoms with van der Waals surface area (Å²) in [6.45, 7) is 4.19. The standard InChI is InChI=1S/C15H18N2O/c1-11-8-13(12(2)17(11)3)10-16-14-6-5-7-15(9-14)18-4/h5-10H,1-4H3. The van der Waals surface area contributed by atoms with E-state index in [1.807, 2.05) is 30.5 Å². The number of hydrogen-bond donors (Lipinski definition) is 0. The van der Waals surface area contributed by atoms with Crippen molar-refractivity contribution in [3.8, 4) is 5.75 Å². The van der Waals surface area contributed by atoms with Gasteiger partial charge in [-0.3, -0.25) is 4.99 Å². The molecule has 0 bridgehead atoms. The van der Waals surface area contributed by atoms with E-state index in [-0.39, 0.29) is 0 Å². The van der Waals surface area contributed by atoms with Crippen molar-refractivity contribution < 1.29 is 4.74 Å². The number of aryl methyl sites for hydroxylation is 1. The smallest absolute Gasteiger partial charge is 0.121 e. The molecule has 2 aromatic rings. The fraction of sp³-hybridized carbons (Fsp3) is 0.267. The number of hydrogen-bond acceptors (Lipinski definition) is 2. The Labute approximate surface area is 108 Å². The monoisotopic (exact) mass is 242 g/mol. The van der Waals surface area contributed by atoms with Crippen LogP contribution in [0.2, 0.25) is 0 Å². The van der Waals surface area contributed by atoms with E-state index < -0.39 is 0 Å². The van der Waals surface area contributed by atoms with Crippen LogP contribution in [0, 0.1) is 13.8 Å². The second kappa shape index (κ2) is 5.08. The molecule has 1 aromatic carbocycles. The van der Waals surface area contributed by atoms with Crippen LogP contribution in [0.15, 0.2) is 35.3 Å². The van der Waals surface area contributed by atoms with Crippen molar-refractivity contribution in [2.45, 2.75) is 13.8 Å². The third-order valence-corrected chi connectivity index (χ3v) is 3.22. The van der Waals surface area contributed by atoms with Crippen LogP contribution in [0.4, 0.5) is 5.69 Å². The number of benzene rings is 1. The maximum Gasteiger partial charge on any atom is 0.121 e. The Bertz CT molecular complexity index is 582. The summed E-state index contributed by atoms with van der Waals surface area (Å²) < 4.78 is 7.34. The summed E-state index contributed by atoms with van der Waals surface area (Å²) in [5.41, 5.74) is 4.51. The first-order valence-corrected chi connectivity index (χ1v) is 5.93. The maximum atomic E-state index is 5.18. The van der Waals surface area contributed by atoms with E-state index >= 15 is 0 Å². The van der Waals surface area contributed by atoms with Crippen LogP contribution in [0.1, 0.15) is 17.0 Å². The summed E-state index contributed by atoms with van der Waals surface area (Å²) in [5.74, 6) is 0.825. The van der Waals surface area contributed by atoms with Gasteiger partial charge in [0.1, 0.15) is 5.75 Å². The highest BCUT2D eigenvalue weighted by atomic mass is 16.5. The van der Waals surface area contributed by atoms with E-state index in [2.05, 4.69) is 36.5 Å². The van der Waals surface area contributed by atoms with Gasteiger partial charge in [-0.05, 0) is 32.0 Å². The zero-order valence-corrected chi connectivity index (χ0v) is 11.3. The fourth-order valence-corrected chi connectivity index (χ4v) is 1.85. The van der Waals surface area contributed by atoms with Gasteiger partial charge in [0, 0.05) is 36.3 Å². The number of nitrogens with zero attached hydrogens (tertiary/aromatic N) is 2. The number of rotatable bonds is 3. The summed E-state index contributed by atoms with van der Waals surface area (Å²) in [7, 11) is 3.72. The second-order valence-electron chi connectivity index (χ2n) is 4.35. The molecule has 94 valence electrons. The highest BCUT2D eigenvalue weighted by Gasteiger charge is 2.03. The van der Waals surface area contributed by atoms with Gasteiger partial charge in [-0.1, -0.05) is 6.07 Å². The largest absolute Gasteiger partial charge is 0.497 e. The predicted molar refractivity (Wildman–Crippen MR) is 75.1 cm³/mol. The molecule has 0 aliphatic heterocycles. The molecule has 0 unspecified atom stereocenters. The van der Waals surface area contributed by atoms with Crippen molar-refractivity contribution in [3.63, 3.8) is 0 Å². The van der Waals surface area contributed by atoms with Gasteiger partial charge in [-0.15, -0.1) is 0 Å². The number of aromatic nitrogens is 1. The Hall–Kier alpha value is -2.03. The van der Waals surface area contributed by atoms with E-state index in [0.29, 0.717) is 0 Å². The molecule has 0 aliphatic carbocycles. The van der Waals surface area contributed by atoms with Gasteiger partial charge in [0.25, 0.3) is 0 Å². The average molecular weight is 242 g/mol. The van der Waals surface area contributed by atoms with Crippen molar-refractivity contribution in [1.29, 1.82) is 0 Å². The molecule has 0 amide bonds. The minimum atomic E-state index is 0.825. The zero-order chi connectivity index (χ0) is 13.1. The molecular weight excluding hydrogens is 224 g/mol. The lowest BCUT2D eigenvalue weighted by Gasteiger charge is -2.00. The minimum absolute atomic E-state index is 0.825. The second-order valence-corrected chi connectivity index (χ2v) is 4.35. The molecule has 1 heterocycles. The first-order valence-electron chi connectivity index (χ1n) is 5.93. The molecule has 0 atom stereocenters. The summed E-state index contributed by atoms with van der Waals surface area (Å²) in [4.78, 5) is 4.48. The van der Waals surface area contributed by atoms with Crippen LogP contribution in [0.5, 0.6) is 5.75 Å². The molecule has 18 heavy (non-hydrogen) atoms. The van der Waals surface area contributed by atoms with Gasteiger partial charge in [-0.25, -0.2) is 0 Å². The molecule has 2 rings (SSSR count). The Morgan fingerprint density at radius 1 is 1.22 bits per heavy atom. The predicted octanol–water partition coefficient (Wildman–Crippen LogP) is 3.40. The summed E-state index contributed by atoms with van der Waals surface area (Å²) in [6.07, 6.45) is 1.90. The topological polar surface area (TPSA) is 26.5 Å². The van der Waals surface area contributed by atoms with Crippen LogP contribution in [-0.4, -0.2) is 17.9 Å². The molecule has 1 aromatic heterocycles. The maximum absolute atomic E-state index is 5.18. The van der Waals surface area contributed by atoms with Gasteiger partial charge < -0.3 is 9.30 Å². The van der Waals surface area contributed by atoms with Crippen LogP contribution in [-0.2, 0) is 7.05 Å². The molecule has 0 radical (unpaired) electrons. The minimum Gasteiger partial charge on any atom is -0.497 e. The van der Waals surface area contributed by atoms with Gasteiger partial charge >= 0.3 is 0 Å². The average Bonchev–Trinajstić information content (AvgIpc) is 2.64.